The molecule has 20 heavy (non-hydrogen) atoms. The van der Waals surface area contributed by atoms with Gasteiger partial charge in [0.25, 0.3) is 0 Å². The van der Waals surface area contributed by atoms with Crippen molar-refractivity contribution in [3.63, 3.8) is 0 Å². The Kier molecular flexibility index (Phi) is 8.77. The van der Waals surface area contributed by atoms with Gasteiger partial charge in [-0.15, -0.1) is 0 Å². The van der Waals surface area contributed by atoms with E-state index >= 15 is 0 Å². The molecule has 0 N–H and O–H groups in total. The fourth-order valence-electron chi connectivity index (χ4n) is 2.32. The molecule has 0 bridgehead atoms. The molecule has 3 nitrogen and oxygen atoms in total. The van der Waals surface area contributed by atoms with Crippen LogP contribution in [0.3, 0.4) is 0 Å². The van der Waals surface area contributed by atoms with E-state index in [0.29, 0.717) is 19.8 Å². The maximum atomic E-state index is 5.86. The Morgan fingerprint density at radius 3 is 1.85 bits per heavy atom. The van der Waals surface area contributed by atoms with Crippen LogP contribution in [-0.4, -0.2) is 28.6 Å². The lowest BCUT2D eigenvalue weighted by molar-refractivity contribution is 0.0707. The Labute approximate surface area is 124 Å². The smallest absolute Gasteiger partial charge is 0.374 e. The average molecular weight is 296 g/mol. The minimum Gasteiger partial charge on any atom is -0.374 e. The average Bonchev–Trinajstić information content (AvgIpc) is 2.46. The van der Waals surface area contributed by atoms with E-state index in [9.17, 15) is 0 Å². The molecule has 0 heterocycles. The van der Waals surface area contributed by atoms with Crippen molar-refractivity contribution in [2.24, 2.45) is 0 Å². The molecular weight excluding hydrogens is 268 g/mol. The zero-order chi connectivity index (χ0) is 14.7. The van der Waals surface area contributed by atoms with Crippen LogP contribution in [0.4, 0.5) is 0 Å². The van der Waals surface area contributed by atoms with E-state index in [1.807, 2.05) is 20.8 Å². The molecule has 0 radical (unpaired) electrons. The first-order valence-corrected chi connectivity index (χ1v) is 9.65. The maximum absolute atomic E-state index is 5.86. The topological polar surface area (TPSA) is 27.7 Å². The van der Waals surface area contributed by atoms with Crippen molar-refractivity contribution in [2.45, 2.75) is 46.1 Å². The molecule has 1 rings (SSSR count). The fourth-order valence-corrected chi connectivity index (χ4v) is 5.00. The predicted octanol–water partition coefficient (Wildman–Crippen LogP) is 4.06. The van der Waals surface area contributed by atoms with Crippen molar-refractivity contribution in [1.29, 1.82) is 0 Å². The van der Waals surface area contributed by atoms with E-state index in [2.05, 4.69) is 30.3 Å². The lowest BCUT2D eigenvalue weighted by atomic mass is 10.1. The Morgan fingerprint density at radius 1 is 0.800 bits per heavy atom. The molecule has 0 aliphatic rings. The van der Waals surface area contributed by atoms with Crippen LogP contribution in [-0.2, 0) is 19.7 Å². The van der Waals surface area contributed by atoms with Crippen LogP contribution in [0.15, 0.2) is 30.3 Å². The largest absolute Gasteiger partial charge is 0.500 e. The number of benzene rings is 1. The van der Waals surface area contributed by atoms with Gasteiger partial charge >= 0.3 is 8.80 Å². The molecule has 0 amide bonds. The van der Waals surface area contributed by atoms with Crippen molar-refractivity contribution in [2.75, 3.05) is 19.8 Å². The third-order valence-corrected chi connectivity index (χ3v) is 6.29. The highest BCUT2D eigenvalue weighted by Crippen LogP contribution is 2.20. The van der Waals surface area contributed by atoms with Crippen LogP contribution >= 0.6 is 0 Å². The summed E-state index contributed by atoms with van der Waals surface area (Å²) in [5.74, 6) is 0. The molecule has 0 aliphatic carbocycles. The second-order valence-corrected chi connectivity index (χ2v) is 7.41. The fraction of sp³-hybridized carbons (Fsp3) is 0.625. The highest BCUT2D eigenvalue weighted by molar-refractivity contribution is 6.60. The molecular formula is C16H28O3Si. The van der Waals surface area contributed by atoms with Crippen LogP contribution < -0.4 is 0 Å². The van der Waals surface area contributed by atoms with E-state index in [-0.39, 0.29) is 0 Å². The maximum Gasteiger partial charge on any atom is 0.500 e. The van der Waals surface area contributed by atoms with Crippen molar-refractivity contribution in [3.8, 4) is 0 Å². The summed E-state index contributed by atoms with van der Waals surface area (Å²) in [6, 6.07) is 11.5. The van der Waals surface area contributed by atoms with Crippen LogP contribution in [0.5, 0.6) is 0 Å². The van der Waals surface area contributed by atoms with E-state index in [1.165, 1.54) is 5.56 Å². The second kappa shape index (κ2) is 10.1. The number of hydrogen-bond donors (Lipinski definition) is 0. The van der Waals surface area contributed by atoms with Crippen LogP contribution in [0.2, 0.25) is 6.04 Å². The first-order chi connectivity index (χ1) is 9.76. The number of unbranched alkanes of at least 4 members (excludes halogenated alkanes) is 1. The van der Waals surface area contributed by atoms with Crippen molar-refractivity contribution >= 4 is 8.80 Å². The van der Waals surface area contributed by atoms with E-state index in [4.69, 9.17) is 13.3 Å². The highest BCUT2D eigenvalue weighted by atomic mass is 28.4. The Morgan fingerprint density at radius 2 is 1.35 bits per heavy atom. The van der Waals surface area contributed by atoms with Crippen molar-refractivity contribution < 1.29 is 13.3 Å². The Hall–Kier alpha value is -0.683. The van der Waals surface area contributed by atoms with Crippen molar-refractivity contribution in [3.05, 3.63) is 35.9 Å². The lowest BCUT2D eigenvalue weighted by Gasteiger charge is -2.28. The zero-order valence-electron chi connectivity index (χ0n) is 13.1. The van der Waals surface area contributed by atoms with Gasteiger partial charge in [-0.05, 0) is 45.6 Å². The summed E-state index contributed by atoms with van der Waals surface area (Å²) < 4.78 is 17.6. The van der Waals surface area contributed by atoms with E-state index in [0.717, 1.165) is 25.3 Å². The van der Waals surface area contributed by atoms with Gasteiger partial charge in [-0.25, -0.2) is 0 Å². The summed E-state index contributed by atoms with van der Waals surface area (Å²) in [4.78, 5) is 0. The zero-order valence-corrected chi connectivity index (χ0v) is 14.1. The van der Waals surface area contributed by atoms with Gasteiger partial charge in [0.2, 0.25) is 0 Å². The molecule has 1 aromatic rings. The first-order valence-electron chi connectivity index (χ1n) is 7.72. The van der Waals surface area contributed by atoms with Gasteiger partial charge in [-0.1, -0.05) is 30.3 Å². The van der Waals surface area contributed by atoms with E-state index in [1.54, 1.807) is 0 Å². The van der Waals surface area contributed by atoms with Crippen LogP contribution in [0.25, 0.3) is 0 Å². The lowest BCUT2D eigenvalue weighted by Crippen LogP contribution is -2.45. The SMILES string of the molecule is CCO[Si](CCCCc1ccccc1)(OCC)OCC. The second-order valence-electron chi connectivity index (χ2n) is 4.67. The normalized spacial score (nSPS) is 11.8. The van der Waals surface area contributed by atoms with Gasteiger partial charge in [-0.3, -0.25) is 0 Å². The molecule has 0 saturated heterocycles. The number of aryl methyl sites for hydroxylation is 1. The molecule has 0 aromatic heterocycles. The van der Waals surface area contributed by atoms with Gasteiger partial charge in [0.05, 0.1) is 0 Å². The third kappa shape index (κ3) is 6.18. The van der Waals surface area contributed by atoms with E-state index < -0.39 is 8.80 Å². The molecule has 0 saturated carbocycles. The van der Waals surface area contributed by atoms with Crippen molar-refractivity contribution in [1.82, 2.24) is 0 Å². The van der Waals surface area contributed by atoms with Gasteiger partial charge in [0, 0.05) is 25.9 Å². The molecule has 0 aliphatic heterocycles. The number of rotatable bonds is 11. The van der Waals surface area contributed by atoms with Crippen LogP contribution in [0.1, 0.15) is 39.2 Å². The summed E-state index contributed by atoms with van der Waals surface area (Å²) >= 11 is 0. The summed E-state index contributed by atoms with van der Waals surface area (Å²) in [6.45, 7) is 7.98. The van der Waals surface area contributed by atoms with Gasteiger partial charge in [-0.2, -0.15) is 0 Å². The van der Waals surface area contributed by atoms with Crippen LogP contribution in [0, 0.1) is 0 Å². The summed E-state index contributed by atoms with van der Waals surface area (Å²) in [5, 5.41) is 0. The summed E-state index contributed by atoms with van der Waals surface area (Å²) in [7, 11) is -2.43. The molecule has 0 atom stereocenters. The third-order valence-electron chi connectivity index (χ3n) is 3.13. The van der Waals surface area contributed by atoms with Gasteiger partial charge < -0.3 is 13.3 Å². The molecule has 0 spiro atoms. The summed E-state index contributed by atoms with van der Waals surface area (Å²) in [5.41, 5.74) is 1.39. The molecule has 4 heteroatoms. The molecule has 114 valence electrons. The molecule has 0 unspecified atom stereocenters. The highest BCUT2D eigenvalue weighted by Gasteiger charge is 2.39. The Bertz CT molecular complexity index is 326. The molecule has 0 fully saturated rings. The predicted molar refractivity (Wildman–Crippen MR) is 84.8 cm³/mol. The van der Waals surface area contributed by atoms with Gasteiger partial charge in [0.15, 0.2) is 0 Å². The van der Waals surface area contributed by atoms with Gasteiger partial charge in [0.1, 0.15) is 0 Å². The summed E-state index contributed by atoms with van der Waals surface area (Å²) in [6.07, 6.45) is 3.34. The quantitative estimate of drug-likeness (QED) is 0.455. The molecule has 1 aromatic carbocycles. The Balaban J connectivity index is 2.40. The monoisotopic (exact) mass is 296 g/mol. The standard InChI is InChI=1S/C16H28O3Si/c1-4-17-20(18-5-2,19-6-3)15-11-10-14-16-12-8-7-9-13-16/h7-9,12-13H,4-6,10-11,14-15H2,1-3H3. The number of hydrogen-bond acceptors (Lipinski definition) is 3. The first kappa shape index (κ1) is 17.4. The minimum absolute atomic E-state index is 0.658. The minimum atomic E-state index is -2.43.